The lowest BCUT2D eigenvalue weighted by molar-refractivity contribution is 0.263. The van der Waals surface area contributed by atoms with E-state index in [1.165, 1.54) is 0 Å². The van der Waals surface area contributed by atoms with E-state index < -0.39 is 0 Å². The number of halogens is 1. The first-order chi connectivity index (χ1) is 7.08. The Labute approximate surface area is 97.8 Å². The number of nitrogens with two attached hydrogens (primary N) is 1. The summed E-state index contributed by atoms with van der Waals surface area (Å²) in [6.07, 6.45) is 0.933. The van der Waals surface area contributed by atoms with E-state index in [-0.39, 0.29) is 0 Å². The first-order valence-electron chi connectivity index (χ1n) is 4.65. The molecule has 0 atom stereocenters. The van der Waals surface area contributed by atoms with E-state index in [0.29, 0.717) is 23.0 Å². The number of nitrogen functional groups attached to an aromatic ring is 1. The monoisotopic (exact) mass is 274 g/mol. The van der Waals surface area contributed by atoms with Crippen LogP contribution in [-0.2, 0) is 0 Å². The number of anilines is 1. The minimum atomic E-state index is 0.320. The number of aromatic nitrogens is 2. The summed E-state index contributed by atoms with van der Waals surface area (Å²) in [5.74, 6) is 0.402. The molecular weight excluding hydrogens is 260 g/mol. The zero-order chi connectivity index (χ0) is 11.3. The lowest BCUT2D eigenvalue weighted by atomic mass is 10.4. The van der Waals surface area contributed by atoms with Crippen LogP contribution in [-0.4, -0.2) is 42.1 Å². The molecule has 0 fully saturated rings. The molecular formula is C9H15BrN4O. The van der Waals surface area contributed by atoms with Gasteiger partial charge in [0.15, 0.2) is 0 Å². The van der Waals surface area contributed by atoms with E-state index in [9.17, 15) is 0 Å². The van der Waals surface area contributed by atoms with Crippen molar-refractivity contribution in [1.82, 2.24) is 14.9 Å². The number of ether oxygens (including phenoxy) is 1. The minimum absolute atomic E-state index is 0.320. The Bertz CT molecular complexity index is 299. The summed E-state index contributed by atoms with van der Waals surface area (Å²) in [5.41, 5.74) is 5.54. The maximum Gasteiger partial charge on any atom is 0.319 e. The van der Waals surface area contributed by atoms with Gasteiger partial charge < -0.3 is 15.4 Å². The van der Waals surface area contributed by atoms with Crippen molar-refractivity contribution in [2.45, 2.75) is 6.42 Å². The Morgan fingerprint density at radius 3 is 2.80 bits per heavy atom. The second-order valence-electron chi connectivity index (χ2n) is 3.40. The molecule has 15 heavy (non-hydrogen) atoms. The minimum Gasteiger partial charge on any atom is -0.463 e. The third-order valence-electron chi connectivity index (χ3n) is 1.68. The predicted octanol–water partition coefficient (Wildman–Crippen LogP) is 1.15. The third kappa shape index (κ3) is 4.94. The second kappa shape index (κ2) is 5.87. The summed E-state index contributed by atoms with van der Waals surface area (Å²) in [6, 6.07) is 1.95. The van der Waals surface area contributed by atoms with Crippen molar-refractivity contribution in [2.24, 2.45) is 0 Å². The molecule has 84 valence electrons. The molecule has 0 spiro atoms. The molecule has 1 rings (SSSR count). The normalized spacial score (nSPS) is 10.7. The van der Waals surface area contributed by atoms with E-state index in [0.717, 1.165) is 13.0 Å². The molecule has 0 amide bonds. The predicted molar refractivity (Wildman–Crippen MR) is 62.8 cm³/mol. The van der Waals surface area contributed by atoms with Gasteiger partial charge >= 0.3 is 6.01 Å². The molecule has 0 radical (unpaired) electrons. The average molecular weight is 275 g/mol. The van der Waals surface area contributed by atoms with E-state index >= 15 is 0 Å². The standard InChI is InChI=1S/C9H15BrN4O/c1-14(2)4-3-5-15-9-12-7(10)6-8(11)13-9/h6H,3-5H2,1-2H3,(H2,11,12,13). The number of nitrogens with zero attached hydrogens (tertiary/aromatic N) is 3. The first-order valence-corrected chi connectivity index (χ1v) is 5.45. The largest absolute Gasteiger partial charge is 0.463 e. The highest BCUT2D eigenvalue weighted by molar-refractivity contribution is 9.10. The summed E-state index contributed by atoms with van der Waals surface area (Å²) in [7, 11) is 4.04. The highest BCUT2D eigenvalue weighted by Crippen LogP contribution is 2.13. The van der Waals surface area contributed by atoms with Gasteiger partial charge in [-0.05, 0) is 36.4 Å². The molecule has 0 saturated carbocycles. The quantitative estimate of drug-likeness (QED) is 0.645. The molecule has 0 bridgehead atoms. The van der Waals surface area contributed by atoms with Gasteiger partial charge in [0.25, 0.3) is 0 Å². The molecule has 0 unspecified atom stereocenters. The van der Waals surface area contributed by atoms with Crippen LogP contribution in [0.25, 0.3) is 0 Å². The maximum atomic E-state index is 5.54. The van der Waals surface area contributed by atoms with Crippen molar-refractivity contribution in [3.63, 3.8) is 0 Å². The second-order valence-corrected chi connectivity index (χ2v) is 4.22. The van der Waals surface area contributed by atoms with Crippen LogP contribution in [0, 0.1) is 0 Å². The third-order valence-corrected chi connectivity index (χ3v) is 2.08. The summed E-state index contributed by atoms with van der Waals surface area (Å²) >= 11 is 3.23. The lowest BCUT2D eigenvalue weighted by Crippen LogP contribution is -2.16. The molecule has 1 aromatic rings. The fourth-order valence-electron chi connectivity index (χ4n) is 1.02. The zero-order valence-electron chi connectivity index (χ0n) is 8.90. The highest BCUT2D eigenvalue weighted by Gasteiger charge is 2.01. The van der Waals surface area contributed by atoms with Gasteiger partial charge in [-0.2, -0.15) is 9.97 Å². The van der Waals surface area contributed by atoms with Crippen molar-refractivity contribution in [3.8, 4) is 6.01 Å². The van der Waals surface area contributed by atoms with Gasteiger partial charge in [-0.1, -0.05) is 0 Å². The van der Waals surface area contributed by atoms with Gasteiger partial charge in [0, 0.05) is 12.6 Å². The number of hydrogen-bond acceptors (Lipinski definition) is 5. The van der Waals surface area contributed by atoms with Crippen LogP contribution in [0.15, 0.2) is 10.7 Å². The Kier molecular flexibility index (Phi) is 4.77. The molecule has 0 aliphatic rings. The molecule has 0 saturated heterocycles. The van der Waals surface area contributed by atoms with Gasteiger partial charge in [0.2, 0.25) is 0 Å². The van der Waals surface area contributed by atoms with E-state index in [4.69, 9.17) is 10.5 Å². The van der Waals surface area contributed by atoms with Crippen LogP contribution in [0.1, 0.15) is 6.42 Å². The van der Waals surface area contributed by atoms with Crippen molar-refractivity contribution in [2.75, 3.05) is 33.0 Å². The zero-order valence-corrected chi connectivity index (χ0v) is 10.5. The summed E-state index contributed by atoms with van der Waals surface area (Å²) in [5, 5.41) is 0. The molecule has 2 N–H and O–H groups in total. The van der Waals surface area contributed by atoms with Gasteiger partial charge in [0.05, 0.1) is 6.61 Å². The fraction of sp³-hybridized carbons (Fsp3) is 0.556. The lowest BCUT2D eigenvalue weighted by Gasteiger charge is -2.09. The SMILES string of the molecule is CN(C)CCCOc1nc(N)cc(Br)n1. The van der Waals surface area contributed by atoms with Crippen molar-refractivity contribution >= 4 is 21.7 Å². The van der Waals surface area contributed by atoms with E-state index in [2.05, 4.69) is 30.8 Å². The average Bonchev–Trinajstić information content (AvgIpc) is 2.10. The van der Waals surface area contributed by atoms with Crippen molar-refractivity contribution in [1.29, 1.82) is 0 Å². The summed E-state index contributed by atoms with van der Waals surface area (Å²) < 4.78 is 6.00. The Morgan fingerprint density at radius 2 is 2.20 bits per heavy atom. The van der Waals surface area contributed by atoms with Crippen LogP contribution < -0.4 is 10.5 Å². The van der Waals surface area contributed by atoms with Crippen LogP contribution in [0.3, 0.4) is 0 Å². The topological polar surface area (TPSA) is 64.3 Å². The van der Waals surface area contributed by atoms with Gasteiger partial charge in [0.1, 0.15) is 10.4 Å². The number of hydrogen-bond donors (Lipinski definition) is 1. The Hall–Kier alpha value is -0.880. The highest BCUT2D eigenvalue weighted by atomic mass is 79.9. The van der Waals surface area contributed by atoms with Crippen LogP contribution in [0.5, 0.6) is 6.01 Å². The molecule has 6 heteroatoms. The molecule has 0 aliphatic heterocycles. The van der Waals surface area contributed by atoms with Crippen LogP contribution in [0.4, 0.5) is 5.82 Å². The van der Waals surface area contributed by atoms with Crippen LogP contribution in [0.2, 0.25) is 0 Å². The molecule has 5 nitrogen and oxygen atoms in total. The smallest absolute Gasteiger partial charge is 0.319 e. The van der Waals surface area contributed by atoms with Crippen molar-refractivity contribution in [3.05, 3.63) is 10.7 Å². The summed E-state index contributed by atoms with van der Waals surface area (Å²) in [4.78, 5) is 10.1. The van der Waals surface area contributed by atoms with Crippen molar-refractivity contribution < 1.29 is 4.74 Å². The van der Waals surface area contributed by atoms with E-state index in [1.807, 2.05) is 14.1 Å². The molecule has 0 aliphatic carbocycles. The van der Waals surface area contributed by atoms with Gasteiger partial charge in [-0.3, -0.25) is 0 Å². The number of rotatable bonds is 5. The van der Waals surface area contributed by atoms with Crippen LogP contribution >= 0.6 is 15.9 Å². The first kappa shape index (κ1) is 12.2. The fourth-order valence-corrected chi connectivity index (χ4v) is 1.41. The Balaban J connectivity index is 2.37. The molecule has 1 aromatic heterocycles. The molecule has 0 aromatic carbocycles. The van der Waals surface area contributed by atoms with Gasteiger partial charge in [-0.25, -0.2) is 0 Å². The molecule has 1 heterocycles. The Morgan fingerprint density at radius 1 is 1.47 bits per heavy atom. The van der Waals surface area contributed by atoms with E-state index in [1.54, 1.807) is 6.07 Å². The summed E-state index contributed by atoms with van der Waals surface area (Å²) in [6.45, 7) is 1.57. The van der Waals surface area contributed by atoms with Gasteiger partial charge in [-0.15, -0.1) is 0 Å². The maximum absolute atomic E-state index is 5.54.